The normalized spacial score (nSPS) is 16.0. The molecule has 0 aliphatic carbocycles. The molecule has 0 saturated carbocycles. The van der Waals surface area contributed by atoms with E-state index in [0.29, 0.717) is 18.1 Å². The van der Waals surface area contributed by atoms with Crippen molar-refractivity contribution >= 4 is 17.3 Å². The van der Waals surface area contributed by atoms with E-state index in [-0.39, 0.29) is 0 Å². The average molecular weight is 385 g/mol. The third kappa shape index (κ3) is 4.37. The highest BCUT2D eigenvalue weighted by Gasteiger charge is 2.20. The first-order valence-electron chi connectivity index (χ1n) is 8.97. The van der Waals surface area contributed by atoms with E-state index in [2.05, 4.69) is 52.8 Å². The molecule has 9 heteroatoms. The molecule has 1 aliphatic rings. The zero-order valence-corrected chi connectivity index (χ0v) is 16.1. The Morgan fingerprint density at radius 3 is 2.89 bits per heavy atom. The zero-order valence-electron chi connectivity index (χ0n) is 15.3. The molecule has 4 rings (SSSR count). The zero-order chi connectivity index (χ0) is 18.5. The van der Waals surface area contributed by atoms with Gasteiger partial charge in [0, 0.05) is 44.6 Å². The lowest BCUT2D eigenvalue weighted by Gasteiger charge is -2.36. The van der Waals surface area contributed by atoms with Crippen LogP contribution < -0.4 is 5.32 Å². The fraction of sp³-hybridized carbons (Fsp3) is 0.389. The number of guanidine groups is 1. The molecule has 0 radical (unpaired) electrons. The van der Waals surface area contributed by atoms with Gasteiger partial charge in [0.1, 0.15) is 5.82 Å². The number of nitrogens with one attached hydrogen (secondary N) is 2. The molecule has 27 heavy (non-hydrogen) atoms. The lowest BCUT2D eigenvalue weighted by molar-refractivity contribution is 0.173. The molecule has 4 heterocycles. The van der Waals surface area contributed by atoms with Crippen LogP contribution in [0.25, 0.3) is 11.6 Å². The van der Waals surface area contributed by atoms with Crippen molar-refractivity contribution in [3.05, 3.63) is 46.6 Å². The van der Waals surface area contributed by atoms with E-state index in [1.54, 1.807) is 6.26 Å². The number of aliphatic imine (C=N–C) groups is 1. The molecule has 1 fully saturated rings. The molecule has 3 aromatic heterocycles. The van der Waals surface area contributed by atoms with Gasteiger partial charge in [-0.05, 0) is 23.6 Å². The molecule has 3 aromatic rings. The van der Waals surface area contributed by atoms with Crippen molar-refractivity contribution < 1.29 is 4.42 Å². The van der Waals surface area contributed by atoms with E-state index in [4.69, 9.17) is 4.42 Å². The van der Waals surface area contributed by atoms with Crippen LogP contribution in [0.1, 0.15) is 10.7 Å². The number of hydrogen-bond acceptors (Lipinski definition) is 6. The van der Waals surface area contributed by atoms with Crippen molar-refractivity contribution in [1.29, 1.82) is 0 Å². The maximum absolute atomic E-state index is 5.32. The van der Waals surface area contributed by atoms with Crippen LogP contribution in [-0.4, -0.2) is 64.2 Å². The second-order valence-corrected chi connectivity index (χ2v) is 7.36. The van der Waals surface area contributed by atoms with Gasteiger partial charge in [-0.1, -0.05) is 6.07 Å². The van der Waals surface area contributed by atoms with Crippen LogP contribution in [0.5, 0.6) is 0 Å². The molecule has 1 saturated heterocycles. The van der Waals surface area contributed by atoms with Crippen molar-refractivity contribution in [2.24, 2.45) is 4.99 Å². The lowest BCUT2D eigenvalue weighted by Crippen LogP contribution is -2.52. The lowest BCUT2D eigenvalue weighted by atomic mass is 10.3. The van der Waals surface area contributed by atoms with Gasteiger partial charge in [-0.25, -0.2) is 4.98 Å². The van der Waals surface area contributed by atoms with Gasteiger partial charge in [0.15, 0.2) is 11.7 Å². The predicted molar refractivity (Wildman–Crippen MR) is 105 cm³/mol. The largest absolute Gasteiger partial charge is 0.461 e. The smallest absolute Gasteiger partial charge is 0.216 e. The number of aromatic nitrogens is 3. The first kappa shape index (κ1) is 17.7. The van der Waals surface area contributed by atoms with Crippen LogP contribution >= 0.6 is 11.3 Å². The van der Waals surface area contributed by atoms with E-state index in [9.17, 15) is 0 Å². The minimum absolute atomic E-state index is 0.537. The summed E-state index contributed by atoms with van der Waals surface area (Å²) in [6, 6.07) is 7.98. The highest BCUT2D eigenvalue weighted by molar-refractivity contribution is 7.09. The number of thiophene rings is 1. The number of furan rings is 1. The SMILES string of the molecule is CN=C(NCc1nc(-c2ccco2)n[nH]1)N1CCN(Cc2cccs2)CC1. The molecular formula is C18H23N7OS. The monoisotopic (exact) mass is 385 g/mol. The number of H-pyrrole nitrogens is 1. The first-order valence-corrected chi connectivity index (χ1v) is 9.85. The van der Waals surface area contributed by atoms with Gasteiger partial charge >= 0.3 is 0 Å². The van der Waals surface area contributed by atoms with Crippen molar-refractivity contribution in [3.63, 3.8) is 0 Å². The second-order valence-electron chi connectivity index (χ2n) is 6.33. The third-order valence-electron chi connectivity index (χ3n) is 4.53. The van der Waals surface area contributed by atoms with E-state index in [0.717, 1.165) is 44.5 Å². The quantitative estimate of drug-likeness (QED) is 0.516. The molecule has 8 nitrogen and oxygen atoms in total. The fourth-order valence-corrected chi connectivity index (χ4v) is 3.87. The Labute approximate surface area is 161 Å². The molecule has 2 N–H and O–H groups in total. The molecule has 0 spiro atoms. The van der Waals surface area contributed by atoms with Crippen LogP contribution in [0.2, 0.25) is 0 Å². The summed E-state index contributed by atoms with van der Waals surface area (Å²) in [6.07, 6.45) is 1.61. The summed E-state index contributed by atoms with van der Waals surface area (Å²) in [6.45, 7) is 5.55. The summed E-state index contributed by atoms with van der Waals surface area (Å²) in [4.78, 5) is 15.1. The number of hydrogen-bond donors (Lipinski definition) is 2. The van der Waals surface area contributed by atoms with E-state index in [1.807, 2.05) is 30.5 Å². The van der Waals surface area contributed by atoms with E-state index < -0.39 is 0 Å². The standard InChI is InChI=1S/C18H23N7OS/c1-19-18(20-12-16-21-17(23-22-16)15-5-2-10-26-15)25-8-6-24(7-9-25)13-14-4-3-11-27-14/h2-5,10-11H,6-9,12-13H2,1H3,(H,19,20)(H,21,22,23). The Balaban J connectivity index is 1.27. The summed E-state index contributed by atoms with van der Waals surface area (Å²) < 4.78 is 5.32. The van der Waals surface area contributed by atoms with Gasteiger partial charge in [0.05, 0.1) is 12.8 Å². The minimum Gasteiger partial charge on any atom is -0.461 e. The van der Waals surface area contributed by atoms with Gasteiger partial charge < -0.3 is 14.6 Å². The average Bonchev–Trinajstić information content (AvgIpc) is 3.46. The maximum Gasteiger partial charge on any atom is 0.216 e. The Morgan fingerprint density at radius 1 is 1.30 bits per heavy atom. The van der Waals surface area contributed by atoms with Crippen LogP contribution in [0.4, 0.5) is 0 Å². The molecule has 0 bridgehead atoms. The Morgan fingerprint density at radius 2 is 2.19 bits per heavy atom. The van der Waals surface area contributed by atoms with Crippen LogP contribution in [0.15, 0.2) is 45.3 Å². The number of aromatic amines is 1. The van der Waals surface area contributed by atoms with Crippen LogP contribution in [-0.2, 0) is 13.1 Å². The number of piperazine rings is 1. The third-order valence-corrected chi connectivity index (χ3v) is 5.39. The van der Waals surface area contributed by atoms with Crippen molar-refractivity contribution in [2.45, 2.75) is 13.1 Å². The molecular weight excluding hydrogens is 362 g/mol. The Bertz CT molecular complexity index is 848. The van der Waals surface area contributed by atoms with Crippen molar-refractivity contribution in [1.82, 2.24) is 30.3 Å². The van der Waals surface area contributed by atoms with E-state index in [1.165, 1.54) is 4.88 Å². The van der Waals surface area contributed by atoms with Gasteiger partial charge in [0.25, 0.3) is 0 Å². The second kappa shape index (κ2) is 8.36. The molecule has 142 valence electrons. The van der Waals surface area contributed by atoms with Gasteiger partial charge in [-0.15, -0.1) is 16.4 Å². The topological polar surface area (TPSA) is 85.6 Å². The Hall–Kier alpha value is -2.65. The summed E-state index contributed by atoms with van der Waals surface area (Å²) in [5, 5.41) is 12.6. The molecule has 0 aromatic carbocycles. The summed E-state index contributed by atoms with van der Waals surface area (Å²) >= 11 is 1.82. The summed E-state index contributed by atoms with van der Waals surface area (Å²) in [5.74, 6) is 2.86. The maximum atomic E-state index is 5.32. The molecule has 0 atom stereocenters. The van der Waals surface area contributed by atoms with Gasteiger partial charge in [0.2, 0.25) is 5.82 Å². The first-order chi connectivity index (χ1) is 13.3. The number of rotatable bonds is 5. The highest BCUT2D eigenvalue weighted by atomic mass is 32.1. The summed E-state index contributed by atoms with van der Waals surface area (Å²) in [7, 11) is 1.81. The number of nitrogens with zero attached hydrogens (tertiary/aromatic N) is 5. The van der Waals surface area contributed by atoms with Crippen molar-refractivity contribution in [3.8, 4) is 11.6 Å². The Kier molecular flexibility index (Phi) is 5.50. The van der Waals surface area contributed by atoms with Crippen LogP contribution in [0.3, 0.4) is 0 Å². The molecule has 0 unspecified atom stereocenters. The van der Waals surface area contributed by atoms with E-state index >= 15 is 0 Å². The van der Waals surface area contributed by atoms with Crippen molar-refractivity contribution in [2.75, 3.05) is 33.2 Å². The highest BCUT2D eigenvalue weighted by Crippen LogP contribution is 2.15. The van der Waals surface area contributed by atoms with Crippen LogP contribution in [0, 0.1) is 0 Å². The predicted octanol–water partition coefficient (Wildman–Crippen LogP) is 2.02. The minimum atomic E-state index is 0.537. The van der Waals surface area contributed by atoms with Gasteiger partial charge in [-0.3, -0.25) is 15.0 Å². The van der Waals surface area contributed by atoms with Gasteiger partial charge in [-0.2, -0.15) is 0 Å². The summed E-state index contributed by atoms with van der Waals surface area (Å²) in [5.41, 5.74) is 0. The molecule has 1 aliphatic heterocycles. The fourth-order valence-electron chi connectivity index (χ4n) is 3.13. The molecule has 0 amide bonds.